The van der Waals surface area contributed by atoms with Crippen LogP contribution in [0.1, 0.15) is 27.7 Å². The number of hydrogen-bond donors (Lipinski definition) is 2. The molecular formula is C23H25ClN4O4S. The van der Waals surface area contributed by atoms with Crippen LogP contribution in [0.4, 0.5) is 11.4 Å². The Hall–Kier alpha value is -3.35. The highest BCUT2D eigenvalue weighted by atomic mass is 35.5. The third-order valence-electron chi connectivity index (χ3n) is 4.29. The van der Waals surface area contributed by atoms with Crippen molar-refractivity contribution in [2.45, 2.75) is 34.2 Å². The molecule has 0 aliphatic carbocycles. The molecule has 1 heterocycles. The number of anilines is 2. The van der Waals surface area contributed by atoms with E-state index < -0.39 is 11.4 Å². The van der Waals surface area contributed by atoms with Gasteiger partial charge < -0.3 is 15.4 Å². The first kappa shape index (κ1) is 25.9. The molecule has 0 saturated carbocycles. The van der Waals surface area contributed by atoms with Crippen LogP contribution in [0.3, 0.4) is 0 Å². The van der Waals surface area contributed by atoms with Crippen LogP contribution in [0.5, 0.6) is 0 Å². The van der Waals surface area contributed by atoms with E-state index in [1.807, 2.05) is 6.07 Å². The van der Waals surface area contributed by atoms with E-state index in [0.29, 0.717) is 16.4 Å². The summed E-state index contributed by atoms with van der Waals surface area (Å²) in [7, 11) is 0. The molecule has 0 radical (unpaired) electrons. The first-order valence-electron chi connectivity index (χ1n) is 10.0. The number of thiazole rings is 1. The summed E-state index contributed by atoms with van der Waals surface area (Å²) in [5, 5.41) is 15.7. The summed E-state index contributed by atoms with van der Waals surface area (Å²) < 4.78 is 6.77. The molecule has 10 heteroatoms. The van der Waals surface area contributed by atoms with Crippen molar-refractivity contribution in [1.29, 1.82) is 5.26 Å². The number of rotatable bonds is 7. The quantitative estimate of drug-likeness (QED) is 0.457. The lowest BCUT2D eigenvalue weighted by molar-refractivity contribution is -0.135. The number of nitrogens with zero attached hydrogens (tertiary/aromatic N) is 2. The molecule has 1 aromatic carbocycles. The predicted octanol–water partition coefficient (Wildman–Crippen LogP) is 2.82. The summed E-state index contributed by atoms with van der Waals surface area (Å²) in [6.45, 7) is 10.8. The van der Waals surface area contributed by atoms with E-state index in [1.54, 1.807) is 45.9 Å². The molecular weight excluding hydrogens is 464 g/mol. The van der Waals surface area contributed by atoms with E-state index in [0.717, 1.165) is 11.3 Å². The Kier molecular flexibility index (Phi) is 8.63. The monoisotopic (exact) mass is 488 g/mol. The highest BCUT2D eigenvalue weighted by molar-refractivity contribution is 7.07. The standard InChI is InChI=1S/C23H25ClN4O4S/c1-6-8-32-21(30)17(12-25)20-28(7-2)19(29)18(33-20)13-26-15-9-14(24)10-16(11-15)27-22(31)23(3,4)5/h6,9-11,13,26H,1,7-8H2,2-5H3,(H,27,31)/b18-13+,20-17-. The minimum absolute atomic E-state index is 0.0465. The van der Waals surface area contributed by atoms with Crippen LogP contribution in [0, 0.1) is 16.7 Å². The number of benzene rings is 1. The van der Waals surface area contributed by atoms with E-state index in [4.69, 9.17) is 16.3 Å². The third-order valence-corrected chi connectivity index (χ3v) is 5.64. The van der Waals surface area contributed by atoms with Crippen LogP contribution in [-0.2, 0) is 20.9 Å². The van der Waals surface area contributed by atoms with Crippen LogP contribution in [0.2, 0.25) is 5.02 Å². The van der Waals surface area contributed by atoms with Crippen molar-refractivity contribution in [3.8, 4) is 6.07 Å². The maximum Gasteiger partial charge on any atom is 0.352 e. The number of carbonyl (C=O) groups excluding carboxylic acids is 2. The van der Waals surface area contributed by atoms with E-state index in [1.165, 1.54) is 16.8 Å². The van der Waals surface area contributed by atoms with E-state index in [9.17, 15) is 19.6 Å². The number of amides is 1. The van der Waals surface area contributed by atoms with Gasteiger partial charge in [-0.05, 0) is 25.1 Å². The lowest BCUT2D eigenvalue weighted by Gasteiger charge is -2.18. The SMILES string of the molecule is C=CCOC(=O)/C(C#N)=c1\s/c(=C/Nc2cc(Cl)cc(NC(=O)C(C)(C)C)c2)c(=O)n1CC. The average molecular weight is 489 g/mol. The third kappa shape index (κ3) is 6.57. The van der Waals surface area contributed by atoms with Gasteiger partial charge in [0.2, 0.25) is 5.91 Å². The largest absolute Gasteiger partial charge is 0.457 e. The molecule has 174 valence electrons. The zero-order valence-electron chi connectivity index (χ0n) is 18.8. The Morgan fingerprint density at radius 3 is 2.55 bits per heavy atom. The lowest BCUT2D eigenvalue weighted by Crippen LogP contribution is -2.32. The molecule has 2 aromatic rings. The minimum atomic E-state index is -0.825. The smallest absolute Gasteiger partial charge is 0.352 e. The Labute approximate surface area is 200 Å². The molecule has 33 heavy (non-hydrogen) atoms. The van der Waals surface area contributed by atoms with Crippen LogP contribution >= 0.6 is 22.9 Å². The molecule has 0 bridgehead atoms. The average Bonchev–Trinajstić information content (AvgIpc) is 3.05. The van der Waals surface area contributed by atoms with Gasteiger partial charge in [-0.2, -0.15) is 5.26 Å². The maximum atomic E-state index is 12.8. The molecule has 2 N–H and O–H groups in total. The number of esters is 1. The summed E-state index contributed by atoms with van der Waals surface area (Å²) in [5.74, 6) is -0.995. The Morgan fingerprint density at radius 2 is 1.97 bits per heavy atom. The number of nitrogens with one attached hydrogen (secondary N) is 2. The molecule has 1 amide bonds. The lowest BCUT2D eigenvalue weighted by atomic mass is 9.95. The van der Waals surface area contributed by atoms with Gasteiger partial charge in [-0.15, -0.1) is 11.3 Å². The van der Waals surface area contributed by atoms with Crippen molar-refractivity contribution in [2.24, 2.45) is 5.41 Å². The van der Waals surface area contributed by atoms with Crippen molar-refractivity contribution < 1.29 is 14.3 Å². The van der Waals surface area contributed by atoms with Crippen LogP contribution in [0.15, 0.2) is 35.6 Å². The second-order valence-electron chi connectivity index (χ2n) is 7.92. The number of carbonyl (C=O) groups is 2. The van der Waals surface area contributed by atoms with Crippen LogP contribution < -0.4 is 25.4 Å². The van der Waals surface area contributed by atoms with E-state index in [-0.39, 0.29) is 39.4 Å². The van der Waals surface area contributed by atoms with Crippen LogP contribution in [-0.4, -0.2) is 23.1 Å². The van der Waals surface area contributed by atoms with Crippen molar-refractivity contribution in [1.82, 2.24) is 4.57 Å². The summed E-state index contributed by atoms with van der Waals surface area (Å²) in [4.78, 5) is 37.3. The first-order valence-corrected chi connectivity index (χ1v) is 11.2. The Morgan fingerprint density at radius 1 is 1.30 bits per heavy atom. The molecule has 0 spiro atoms. The molecule has 0 aliphatic heterocycles. The molecule has 2 rings (SSSR count). The topological polar surface area (TPSA) is 113 Å². The zero-order valence-corrected chi connectivity index (χ0v) is 20.4. The Bertz CT molecular complexity index is 1300. The minimum Gasteiger partial charge on any atom is -0.457 e. The highest BCUT2D eigenvalue weighted by Gasteiger charge is 2.21. The van der Waals surface area contributed by atoms with Crippen molar-refractivity contribution in [3.63, 3.8) is 0 Å². The van der Waals surface area contributed by atoms with Gasteiger partial charge in [0.05, 0.1) is 0 Å². The summed E-state index contributed by atoms with van der Waals surface area (Å²) in [6.07, 6.45) is 2.86. The van der Waals surface area contributed by atoms with Gasteiger partial charge in [-0.1, -0.05) is 45.0 Å². The van der Waals surface area contributed by atoms with E-state index in [2.05, 4.69) is 17.2 Å². The summed E-state index contributed by atoms with van der Waals surface area (Å²) in [6, 6.07) is 6.76. The molecule has 0 aliphatic rings. The molecule has 1 aromatic heterocycles. The normalized spacial score (nSPS) is 12.5. The van der Waals surface area contributed by atoms with Gasteiger partial charge in [0, 0.05) is 34.6 Å². The molecule has 0 atom stereocenters. The van der Waals surface area contributed by atoms with Gasteiger partial charge in [0.25, 0.3) is 5.56 Å². The maximum absolute atomic E-state index is 12.8. The van der Waals surface area contributed by atoms with Crippen LogP contribution in [0.25, 0.3) is 11.8 Å². The van der Waals surface area contributed by atoms with E-state index >= 15 is 0 Å². The number of nitriles is 1. The van der Waals surface area contributed by atoms with Crippen molar-refractivity contribution in [3.05, 3.63) is 55.4 Å². The molecule has 0 unspecified atom stereocenters. The van der Waals surface area contributed by atoms with Gasteiger partial charge >= 0.3 is 5.97 Å². The molecule has 0 fully saturated rings. The first-order chi connectivity index (χ1) is 15.5. The van der Waals surface area contributed by atoms with Gasteiger partial charge in [0.15, 0.2) is 5.57 Å². The fourth-order valence-electron chi connectivity index (χ4n) is 2.59. The summed E-state index contributed by atoms with van der Waals surface area (Å²) in [5.41, 5.74) is -0.157. The fraction of sp³-hybridized carbons (Fsp3) is 0.304. The predicted molar refractivity (Wildman–Crippen MR) is 131 cm³/mol. The zero-order chi connectivity index (χ0) is 24.8. The second-order valence-corrected chi connectivity index (χ2v) is 9.38. The van der Waals surface area contributed by atoms with Crippen molar-refractivity contribution in [2.75, 3.05) is 17.2 Å². The fourth-order valence-corrected chi connectivity index (χ4v) is 3.90. The highest BCUT2D eigenvalue weighted by Crippen LogP contribution is 2.24. The second kappa shape index (κ2) is 11.0. The van der Waals surface area contributed by atoms with Gasteiger partial charge in [-0.3, -0.25) is 14.2 Å². The number of hydrogen-bond acceptors (Lipinski definition) is 7. The van der Waals surface area contributed by atoms with Crippen molar-refractivity contribution >= 4 is 58.0 Å². The number of aromatic nitrogens is 1. The number of halogens is 1. The Balaban J connectivity index is 2.48. The molecule has 0 saturated heterocycles. The summed E-state index contributed by atoms with van der Waals surface area (Å²) >= 11 is 7.17. The molecule has 8 nitrogen and oxygen atoms in total. The van der Waals surface area contributed by atoms with Gasteiger partial charge in [-0.25, -0.2) is 4.79 Å². The number of ether oxygens (including phenoxy) is 1. The van der Waals surface area contributed by atoms with Gasteiger partial charge in [0.1, 0.15) is 21.9 Å².